The van der Waals surface area contributed by atoms with Crippen molar-refractivity contribution in [2.45, 2.75) is 6.92 Å². The lowest BCUT2D eigenvalue weighted by molar-refractivity contribution is -0.384. The third kappa shape index (κ3) is 4.44. The van der Waals surface area contributed by atoms with E-state index in [9.17, 15) is 19.7 Å². The highest BCUT2D eigenvalue weighted by Gasteiger charge is 2.20. The van der Waals surface area contributed by atoms with Crippen LogP contribution in [-0.4, -0.2) is 31.3 Å². The van der Waals surface area contributed by atoms with E-state index in [1.165, 1.54) is 41.3 Å². The van der Waals surface area contributed by atoms with Gasteiger partial charge in [-0.1, -0.05) is 30.3 Å². The van der Waals surface area contributed by atoms with Crippen LogP contribution in [0.2, 0.25) is 0 Å². The molecule has 164 valence electrons. The fraction of sp³-hybridized carbons (Fsp3) is 0.0435. The van der Waals surface area contributed by atoms with Crippen molar-refractivity contribution in [1.29, 1.82) is 0 Å². The van der Waals surface area contributed by atoms with Crippen LogP contribution in [0.3, 0.4) is 0 Å². The first-order valence-corrected chi connectivity index (χ1v) is 9.86. The standard InChI is InChI=1S/C23H18N6O4/c1-15(25-26-22(30)17-11-13-24-14-12-17)20-21(16-5-3-2-4-6-16)27-28(23(20)31)18-7-9-19(10-8-18)29(32)33/h2-14,27H,1H3,(H,26,30). The molecule has 2 N–H and O–H groups in total. The number of nitrogens with one attached hydrogen (secondary N) is 2. The van der Waals surface area contributed by atoms with E-state index in [0.29, 0.717) is 16.9 Å². The molecule has 0 saturated heterocycles. The van der Waals surface area contributed by atoms with E-state index >= 15 is 0 Å². The number of hydrogen-bond donors (Lipinski definition) is 2. The molecular weight excluding hydrogens is 424 g/mol. The summed E-state index contributed by atoms with van der Waals surface area (Å²) < 4.78 is 1.28. The molecule has 0 saturated carbocycles. The molecule has 0 fully saturated rings. The average molecular weight is 442 g/mol. The van der Waals surface area contributed by atoms with Crippen molar-refractivity contribution in [3.8, 4) is 16.9 Å². The highest BCUT2D eigenvalue weighted by atomic mass is 16.6. The van der Waals surface area contributed by atoms with Crippen LogP contribution in [0.4, 0.5) is 5.69 Å². The quantitative estimate of drug-likeness (QED) is 0.268. The minimum absolute atomic E-state index is 0.0848. The summed E-state index contributed by atoms with van der Waals surface area (Å²) in [6, 6.07) is 17.9. The zero-order valence-electron chi connectivity index (χ0n) is 17.4. The van der Waals surface area contributed by atoms with Gasteiger partial charge in [0.2, 0.25) is 0 Å². The maximum atomic E-state index is 13.3. The van der Waals surface area contributed by atoms with Gasteiger partial charge in [-0.3, -0.25) is 29.8 Å². The average Bonchev–Trinajstić information content (AvgIpc) is 3.20. The molecule has 33 heavy (non-hydrogen) atoms. The van der Waals surface area contributed by atoms with Crippen LogP contribution in [0, 0.1) is 10.1 Å². The van der Waals surface area contributed by atoms with Crippen LogP contribution >= 0.6 is 0 Å². The first-order valence-electron chi connectivity index (χ1n) is 9.86. The van der Waals surface area contributed by atoms with Crippen molar-refractivity contribution in [3.63, 3.8) is 0 Å². The van der Waals surface area contributed by atoms with Gasteiger partial charge in [0.05, 0.1) is 27.6 Å². The molecule has 0 aliphatic heterocycles. The lowest BCUT2D eigenvalue weighted by atomic mass is 10.1. The number of pyridine rings is 1. The summed E-state index contributed by atoms with van der Waals surface area (Å²) in [5, 5.41) is 18.2. The minimum atomic E-state index is -0.510. The number of rotatable bonds is 6. The number of carbonyl (C=O) groups is 1. The van der Waals surface area contributed by atoms with Crippen molar-refractivity contribution >= 4 is 17.3 Å². The Hall–Kier alpha value is -4.86. The second-order valence-corrected chi connectivity index (χ2v) is 7.02. The number of nitro groups is 1. The first kappa shape index (κ1) is 21.4. The maximum Gasteiger partial charge on any atom is 0.281 e. The number of hydrazone groups is 1. The number of aromatic nitrogens is 3. The summed E-state index contributed by atoms with van der Waals surface area (Å²) in [6.07, 6.45) is 2.99. The number of H-pyrrole nitrogens is 1. The Morgan fingerprint density at radius 3 is 2.36 bits per heavy atom. The number of nitrogens with zero attached hydrogens (tertiary/aromatic N) is 4. The lowest BCUT2D eigenvalue weighted by Crippen LogP contribution is -2.23. The Balaban J connectivity index is 1.76. The van der Waals surface area contributed by atoms with Gasteiger partial charge in [0.1, 0.15) is 0 Å². The molecule has 0 aliphatic rings. The summed E-state index contributed by atoms with van der Waals surface area (Å²) in [5.41, 5.74) is 4.54. The van der Waals surface area contributed by atoms with Gasteiger partial charge in [0.25, 0.3) is 17.2 Å². The zero-order valence-corrected chi connectivity index (χ0v) is 17.4. The minimum Gasteiger partial charge on any atom is -0.290 e. The first-order chi connectivity index (χ1) is 16.0. The van der Waals surface area contributed by atoms with Crippen molar-refractivity contribution in [2.24, 2.45) is 5.10 Å². The third-order valence-electron chi connectivity index (χ3n) is 4.90. The van der Waals surface area contributed by atoms with Crippen LogP contribution in [0.1, 0.15) is 22.8 Å². The highest BCUT2D eigenvalue weighted by Crippen LogP contribution is 2.22. The van der Waals surface area contributed by atoms with Gasteiger partial charge in [-0.05, 0) is 31.2 Å². The second kappa shape index (κ2) is 9.10. The topological polar surface area (TPSA) is 135 Å². The number of hydrogen-bond acceptors (Lipinski definition) is 6. The summed E-state index contributed by atoms with van der Waals surface area (Å²) in [7, 11) is 0. The van der Waals surface area contributed by atoms with Gasteiger partial charge in [-0.2, -0.15) is 5.10 Å². The summed E-state index contributed by atoms with van der Waals surface area (Å²) in [5.74, 6) is -0.441. The van der Waals surface area contributed by atoms with Gasteiger partial charge in [-0.25, -0.2) is 10.1 Å². The molecule has 0 atom stereocenters. The Kier molecular flexibility index (Phi) is 5.90. The number of nitro benzene ring substituents is 1. The molecule has 2 aromatic heterocycles. The van der Waals surface area contributed by atoms with Gasteiger partial charge < -0.3 is 0 Å². The fourth-order valence-corrected chi connectivity index (χ4v) is 3.25. The monoisotopic (exact) mass is 442 g/mol. The molecule has 4 aromatic rings. The zero-order chi connectivity index (χ0) is 23.4. The van der Waals surface area contributed by atoms with E-state index in [4.69, 9.17) is 0 Å². The van der Waals surface area contributed by atoms with Gasteiger partial charge in [-0.15, -0.1) is 0 Å². The molecule has 1 amide bonds. The highest BCUT2D eigenvalue weighted by molar-refractivity contribution is 6.04. The Morgan fingerprint density at radius 2 is 1.73 bits per heavy atom. The Morgan fingerprint density at radius 1 is 1.06 bits per heavy atom. The van der Waals surface area contributed by atoms with Crippen LogP contribution in [0.15, 0.2) is 89.0 Å². The Bertz CT molecular complexity index is 1390. The maximum absolute atomic E-state index is 13.3. The molecule has 10 heteroatoms. The van der Waals surface area contributed by atoms with Crippen molar-refractivity contribution in [1.82, 2.24) is 20.2 Å². The van der Waals surface area contributed by atoms with Crippen LogP contribution in [-0.2, 0) is 0 Å². The van der Waals surface area contributed by atoms with E-state index in [0.717, 1.165) is 5.56 Å². The van der Waals surface area contributed by atoms with Crippen molar-refractivity contribution < 1.29 is 9.72 Å². The summed E-state index contributed by atoms with van der Waals surface area (Å²) in [6.45, 7) is 1.62. The molecule has 0 unspecified atom stereocenters. The number of non-ortho nitro benzene ring substituents is 1. The van der Waals surface area contributed by atoms with Crippen molar-refractivity contribution in [3.05, 3.63) is 111 Å². The van der Waals surface area contributed by atoms with Crippen LogP contribution in [0.5, 0.6) is 0 Å². The SMILES string of the molecule is CC(=NNC(=O)c1ccncc1)c1c(-c2ccccc2)[nH]n(-c2ccc([N+](=O)[O-])cc2)c1=O. The van der Waals surface area contributed by atoms with Gasteiger partial charge in [0, 0.05) is 35.7 Å². The Labute approximate surface area is 187 Å². The molecule has 10 nitrogen and oxygen atoms in total. The van der Waals surface area contributed by atoms with E-state index in [2.05, 4.69) is 20.6 Å². The summed E-state index contributed by atoms with van der Waals surface area (Å²) in [4.78, 5) is 40.0. The van der Waals surface area contributed by atoms with E-state index in [-0.39, 0.29) is 17.0 Å². The normalized spacial score (nSPS) is 11.2. The number of carbonyl (C=O) groups excluding carboxylic acids is 1. The molecular formula is C23H18N6O4. The second-order valence-electron chi connectivity index (χ2n) is 7.02. The van der Waals surface area contributed by atoms with Crippen LogP contribution < -0.4 is 11.0 Å². The van der Waals surface area contributed by atoms with E-state index in [1.54, 1.807) is 19.1 Å². The third-order valence-corrected chi connectivity index (χ3v) is 4.90. The van der Waals surface area contributed by atoms with Crippen LogP contribution in [0.25, 0.3) is 16.9 Å². The molecule has 0 spiro atoms. The largest absolute Gasteiger partial charge is 0.290 e. The fourth-order valence-electron chi connectivity index (χ4n) is 3.25. The molecule has 0 bridgehead atoms. The molecule has 0 aliphatic carbocycles. The van der Waals surface area contributed by atoms with E-state index < -0.39 is 16.4 Å². The molecule has 4 rings (SSSR count). The number of aromatic amines is 1. The molecule has 0 radical (unpaired) electrons. The van der Waals surface area contributed by atoms with Crippen molar-refractivity contribution in [2.75, 3.05) is 0 Å². The van der Waals surface area contributed by atoms with Gasteiger partial charge >= 0.3 is 0 Å². The lowest BCUT2D eigenvalue weighted by Gasteiger charge is -2.04. The van der Waals surface area contributed by atoms with E-state index in [1.807, 2.05) is 30.3 Å². The number of benzene rings is 2. The molecule has 2 aromatic carbocycles. The predicted octanol–water partition coefficient (Wildman–Crippen LogP) is 3.29. The molecule has 2 heterocycles. The van der Waals surface area contributed by atoms with Gasteiger partial charge in [0.15, 0.2) is 0 Å². The predicted molar refractivity (Wildman–Crippen MR) is 122 cm³/mol. The summed E-state index contributed by atoms with van der Waals surface area (Å²) >= 11 is 0. The number of amides is 1. The smallest absolute Gasteiger partial charge is 0.281 e.